The van der Waals surface area contributed by atoms with Gasteiger partial charge in [0.05, 0.1) is 6.10 Å². The van der Waals surface area contributed by atoms with E-state index in [0.29, 0.717) is 12.2 Å². The van der Waals surface area contributed by atoms with Gasteiger partial charge in [0.15, 0.2) is 14.4 Å². The quantitative estimate of drug-likeness (QED) is 0.177. The molecule has 3 atom stereocenters. The van der Waals surface area contributed by atoms with Gasteiger partial charge in [0.2, 0.25) is 5.91 Å². The summed E-state index contributed by atoms with van der Waals surface area (Å²) in [5.74, 6) is 2.12. The van der Waals surface area contributed by atoms with Crippen molar-refractivity contribution in [3.8, 4) is 18.1 Å². The van der Waals surface area contributed by atoms with Gasteiger partial charge in [0.25, 0.3) is 5.91 Å². The molecule has 0 radical (unpaired) electrons. The Balaban J connectivity index is 1.83. The van der Waals surface area contributed by atoms with E-state index in [1.165, 1.54) is 4.90 Å². The molecule has 226 valence electrons. The van der Waals surface area contributed by atoms with Gasteiger partial charge in [-0.1, -0.05) is 77.8 Å². The lowest BCUT2D eigenvalue weighted by Gasteiger charge is -2.38. The molecule has 1 aliphatic rings. The zero-order chi connectivity index (χ0) is 31.3. The predicted octanol–water partition coefficient (Wildman–Crippen LogP) is 5.91. The highest BCUT2D eigenvalue weighted by Gasteiger charge is 2.49. The van der Waals surface area contributed by atoms with Gasteiger partial charge < -0.3 is 24.1 Å². The molecule has 2 aromatic rings. The van der Waals surface area contributed by atoms with E-state index in [9.17, 15) is 14.4 Å². The minimum Gasteiger partial charge on any atom is -0.420 e. The molecule has 1 heterocycles. The summed E-state index contributed by atoms with van der Waals surface area (Å²) in [5, 5.41) is 2.92. The zero-order valence-corrected chi connectivity index (χ0v) is 27.0. The molecule has 0 aromatic heterocycles. The standard InChI is InChI=1S/C33H44N2O6Si/c1-10-23-16-18-24(19-17-23)21-34-29(36)27-20-26(41-42(8,9)33(5,6)7)22-35(27)30(37)28(32(2,3)4)40-31(38)39-25-14-12-11-13-15-25/h1,11-19,26-28H,20-22H2,2-9H3,(H,34,36)/t26?,27-,28+/m0/s1. The van der Waals surface area contributed by atoms with Crippen LogP contribution < -0.4 is 10.1 Å². The van der Waals surface area contributed by atoms with Crippen LogP contribution in [-0.2, 0) is 25.3 Å². The molecule has 0 saturated carbocycles. The van der Waals surface area contributed by atoms with Crippen LogP contribution in [0.2, 0.25) is 18.1 Å². The van der Waals surface area contributed by atoms with Crippen LogP contribution in [0.1, 0.15) is 59.1 Å². The van der Waals surface area contributed by atoms with Crippen LogP contribution in [0.5, 0.6) is 5.75 Å². The molecule has 8 nitrogen and oxygen atoms in total. The number of carbonyl (C=O) groups excluding carboxylic acids is 3. The van der Waals surface area contributed by atoms with E-state index in [4.69, 9.17) is 20.3 Å². The second-order valence-corrected chi connectivity index (χ2v) is 18.1. The lowest BCUT2D eigenvalue weighted by Crippen LogP contribution is -2.53. The number of likely N-dealkylation sites (tertiary alicyclic amines) is 1. The highest BCUT2D eigenvalue weighted by atomic mass is 28.4. The number of nitrogens with one attached hydrogen (secondary N) is 1. The number of ether oxygens (including phenoxy) is 2. The molecule has 2 aromatic carbocycles. The van der Waals surface area contributed by atoms with E-state index >= 15 is 0 Å². The second-order valence-electron chi connectivity index (χ2n) is 13.3. The van der Waals surface area contributed by atoms with Crippen molar-refractivity contribution in [2.45, 2.75) is 90.9 Å². The number of benzene rings is 2. The predicted molar refractivity (Wildman–Crippen MR) is 165 cm³/mol. The number of carbonyl (C=O) groups is 3. The van der Waals surface area contributed by atoms with Crippen molar-refractivity contribution >= 4 is 26.3 Å². The largest absolute Gasteiger partial charge is 0.514 e. The Morgan fingerprint density at radius 3 is 2.19 bits per heavy atom. The first-order valence-corrected chi connectivity index (χ1v) is 17.2. The molecule has 0 aliphatic carbocycles. The third-order valence-corrected chi connectivity index (χ3v) is 12.4. The summed E-state index contributed by atoms with van der Waals surface area (Å²) >= 11 is 0. The summed E-state index contributed by atoms with van der Waals surface area (Å²) < 4.78 is 17.6. The smallest absolute Gasteiger partial charge is 0.420 e. The zero-order valence-electron chi connectivity index (χ0n) is 26.0. The fourth-order valence-electron chi connectivity index (χ4n) is 4.45. The van der Waals surface area contributed by atoms with E-state index in [1.807, 2.05) is 24.3 Å². The Kier molecular flexibility index (Phi) is 10.3. The van der Waals surface area contributed by atoms with Gasteiger partial charge in [-0.15, -0.1) is 6.42 Å². The van der Waals surface area contributed by atoms with Crippen LogP contribution in [-0.4, -0.2) is 56.0 Å². The number of nitrogens with zero attached hydrogens (tertiary/aromatic N) is 1. The van der Waals surface area contributed by atoms with Crippen molar-refractivity contribution in [1.82, 2.24) is 10.2 Å². The van der Waals surface area contributed by atoms with E-state index in [-0.39, 0.29) is 30.1 Å². The molecule has 3 rings (SSSR count). The monoisotopic (exact) mass is 592 g/mol. The van der Waals surface area contributed by atoms with E-state index in [2.05, 4.69) is 45.1 Å². The molecule has 0 spiro atoms. The molecule has 1 aliphatic heterocycles. The maximum absolute atomic E-state index is 14.1. The Morgan fingerprint density at radius 1 is 1.02 bits per heavy atom. The highest BCUT2D eigenvalue weighted by molar-refractivity contribution is 6.74. The number of terminal acetylenes is 1. The normalized spacial score (nSPS) is 18.1. The molecule has 9 heteroatoms. The van der Waals surface area contributed by atoms with Crippen LogP contribution in [0, 0.1) is 17.8 Å². The molecule has 0 bridgehead atoms. The molecule has 42 heavy (non-hydrogen) atoms. The van der Waals surface area contributed by atoms with E-state index in [0.717, 1.165) is 11.1 Å². The third kappa shape index (κ3) is 8.46. The van der Waals surface area contributed by atoms with Crippen molar-refractivity contribution in [2.75, 3.05) is 6.54 Å². The van der Waals surface area contributed by atoms with Crippen molar-refractivity contribution < 1.29 is 28.3 Å². The fraction of sp³-hybridized carbons (Fsp3) is 0.485. The van der Waals surface area contributed by atoms with E-state index in [1.54, 1.807) is 51.1 Å². The summed E-state index contributed by atoms with van der Waals surface area (Å²) in [7, 11) is -2.20. The van der Waals surface area contributed by atoms with Crippen LogP contribution in [0.4, 0.5) is 4.79 Å². The average Bonchev–Trinajstić information content (AvgIpc) is 3.33. The van der Waals surface area contributed by atoms with Gasteiger partial charge in [-0.05, 0) is 48.0 Å². The Labute approximate surface area is 251 Å². The number of para-hydroxylation sites is 1. The van der Waals surface area contributed by atoms with E-state index < -0.39 is 37.9 Å². The first kappa shape index (κ1) is 32.9. The minimum atomic E-state index is -2.20. The van der Waals surface area contributed by atoms with Gasteiger partial charge >= 0.3 is 6.16 Å². The summed E-state index contributed by atoms with van der Waals surface area (Å²) in [6.07, 6.45) is 3.28. The van der Waals surface area contributed by atoms with Crippen molar-refractivity contribution in [1.29, 1.82) is 0 Å². The van der Waals surface area contributed by atoms with Crippen molar-refractivity contribution in [2.24, 2.45) is 5.41 Å². The number of amides is 2. The van der Waals surface area contributed by atoms with Gasteiger partial charge in [-0.25, -0.2) is 4.79 Å². The molecule has 1 unspecified atom stereocenters. The maximum Gasteiger partial charge on any atom is 0.514 e. The first-order valence-electron chi connectivity index (χ1n) is 14.3. The van der Waals surface area contributed by atoms with Crippen LogP contribution in [0.15, 0.2) is 54.6 Å². The lowest BCUT2D eigenvalue weighted by atomic mass is 9.88. The lowest BCUT2D eigenvalue weighted by molar-refractivity contribution is -0.151. The number of hydrogen-bond acceptors (Lipinski definition) is 6. The Hall–Kier alpha value is -3.61. The summed E-state index contributed by atoms with van der Waals surface area (Å²) in [6.45, 7) is 16.6. The fourth-order valence-corrected chi connectivity index (χ4v) is 5.81. The molecule has 1 fully saturated rings. The molecule has 1 saturated heterocycles. The summed E-state index contributed by atoms with van der Waals surface area (Å²) in [6, 6.07) is 15.1. The van der Waals surface area contributed by atoms with Gasteiger partial charge in [0, 0.05) is 30.5 Å². The first-order chi connectivity index (χ1) is 19.5. The molecular weight excluding hydrogens is 548 g/mol. The number of hydrogen-bond donors (Lipinski definition) is 1. The SMILES string of the molecule is C#Cc1ccc(CNC(=O)[C@@H]2CC(O[Si](C)(C)C(C)(C)C)CN2C(=O)[C@@H](OC(=O)Oc2ccccc2)C(C)(C)C)cc1. The third-order valence-electron chi connectivity index (χ3n) is 7.87. The van der Waals surface area contributed by atoms with Gasteiger partial charge in [-0.3, -0.25) is 9.59 Å². The molecule has 1 N–H and O–H groups in total. The van der Waals surface area contributed by atoms with Gasteiger partial charge in [0.1, 0.15) is 11.8 Å². The Morgan fingerprint density at radius 2 is 1.64 bits per heavy atom. The summed E-state index contributed by atoms with van der Waals surface area (Å²) in [4.78, 5) is 41.9. The average molecular weight is 593 g/mol. The molecule has 2 amide bonds. The van der Waals surface area contributed by atoms with Crippen LogP contribution in [0.3, 0.4) is 0 Å². The van der Waals surface area contributed by atoms with Crippen molar-refractivity contribution in [3.63, 3.8) is 0 Å². The maximum atomic E-state index is 14.1. The second kappa shape index (κ2) is 13.1. The number of rotatable bonds is 8. The summed E-state index contributed by atoms with van der Waals surface area (Å²) in [5.41, 5.74) is 0.861. The topological polar surface area (TPSA) is 94.2 Å². The highest BCUT2D eigenvalue weighted by Crippen LogP contribution is 2.39. The van der Waals surface area contributed by atoms with Crippen LogP contribution >= 0.6 is 0 Å². The van der Waals surface area contributed by atoms with Crippen LogP contribution in [0.25, 0.3) is 0 Å². The van der Waals surface area contributed by atoms with Gasteiger partial charge in [-0.2, -0.15) is 0 Å². The minimum absolute atomic E-state index is 0.0506. The Bertz CT molecular complexity index is 1290. The van der Waals surface area contributed by atoms with Crippen molar-refractivity contribution in [3.05, 3.63) is 65.7 Å². The molecular formula is C33H44N2O6Si.